The van der Waals surface area contributed by atoms with Gasteiger partial charge in [0.2, 0.25) is 0 Å². The van der Waals surface area contributed by atoms with Crippen LogP contribution < -0.4 is 0 Å². The monoisotopic (exact) mass is 169 g/mol. The lowest BCUT2D eigenvalue weighted by Crippen LogP contribution is -2.46. The highest BCUT2D eigenvalue weighted by Crippen LogP contribution is 2.36. The van der Waals surface area contributed by atoms with Crippen molar-refractivity contribution < 1.29 is 4.79 Å². The molecule has 2 heteroatoms. The van der Waals surface area contributed by atoms with Gasteiger partial charge in [0.05, 0.1) is 0 Å². The molecule has 0 aromatic carbocycles. The van der Waals surface area contributed by atoms with E-state index in [2.05, 4.69) is 25.8 Å². The molecule has 2 nitrogen and oxygen atoms in total. The zero-order valence-electron chi connectivity index (χ0n) is 8.55. The van der Waals surface area contributed by atoms with Crippen LogP contribution in [0.15, 0.2) is 0 Å². The Morgan fingerprint density at radius 2 is 2.17 bits per heavy atom. The SMILES string of the molecule is CC(=O)C1(C)CCN(C)C[C@@H]1C. The third kappa shape index (κ3) is 1.53. The van der Waals surface area contributed by atoms with Gasteiger partial charge in [-0.1, -0.05) is 13.8 Å². The highest BCUT2D eigenvalue weighted by atomic mass is 16.1. The first-order chi connectivity index (χ1) is 5.47. The van der Waals surface area contributed by atoms with Crippen LogP contribution in [0.3, 0.4) is 0 Å². The second-order valence-electron chi connectivity index (χ2n) is 4.39. The summed E-state index contributed by atoms with van der Waals surface area (Å²) in [5.41, 5.74) is -0.0630. The summed E-state index contributed by atoms with van der Waals surface area (Å²) >= 11 is 0. The van der Waals surface area contributed by atoms with Crippen LogP contribution in [0.1, 0.15) is 27.2 Å². The topological polar surface area (TPSA) is 20.3 Å². The van der Waals surface area contributed by atoms with Crippen LogP contribution in [0.5, 0.6) is 0 Å². The first-order valence-corrected chi connectivity index (χ1v) is 4.66. The number of carbonyl (C=O) groups is 1. The first kappa shape index (κ1) is 9.72. The number of rotatable bonds is 1. The summed E-state index contributed by atoms with van der Waals surface area (Å²) in [5, 5.41) is 0. The van der Waals surface area contributed by atoms with Crippen LogP contribution in [0.4, 0.5) is 0 Å². The lowest BCUT2D eigenvalue weighted by Gasteiger charge is -2.41. The van der Waals surface area contributed by atoms with E-state index in [9.17, 15) is 4.79 Å². The van der Waals surface area contributed by atoms with Gasteiger partial charge in [-0.15, -0.1) is 0 Å². The minimum atomic E-state index is -0.0630. The fourth-order valence-corrected chi connectivity index (χ4v) is 1.95. The number of nitrogens with zero attached hydrogens (tertiary/aromatic N) is 1. The molecule has 0 bridgehead atoms. The summed E-state index contributed by atoms with van der Waals surface area (Å²) in [5.74, 6) is 0.844. The summed E-state index contributed by atoms with van der Waals surface area (Å²) < 4.78 is 0. The van der Waals surface area contributed by atoms with Gasteiger partial charge in [0, 0.05) is 12.0 Å². The molecule has 1 aliphatic rings. The molecule has 1 fully saturated rings. The summed E-state index contributed by atoms with van der Waals surface area (Å²) in [6.45, 7) is 8.11. The maximum absolute atomic E-state index is 11.4. The van der Waals surface area contributed by atoms with Crippen LogP contribution in [0, 0.1) is 11.3 Å². The van der Waals surface area contributed by atoms with Gasteiger partial charge in [-0.2, -0.15) is 0 Å². The zero-order valence-corrected chi connectivity index (χ0v) is 8.55. The van der Waals surface area contributed by atoms with Gasteiger partial charge in [-0.25, -0.2) is 0 Å². The van der Waals surface area contributed by atoms with E-state index in [1.54, 1.807) is 6.92 Å². The highest BCUT2D eigenvalue weighted by molar-refractivity contribution is 5.82. The number of ketones is 1. The molecule has 0 N–H and O–H groups in total. The maximum atomic E-state index is 11.4. The van der Waals surface area contributed by atoms with Crippen molar-refractivity contribution in [1.82, 2.24) is 4.90 Å². The third-order valence-electron chi connectivity index (χ3n) is 3.49. The van der Waals surface area contributed by atoms with Crippen LogP contribution in [-0.2, 0) is 4.79 Å². The number of likely N-dealkylation sites (tertiary alicyclic amines) is 1. The number of piperidine rings is 1. The summed E-state index contributed by atoms with van der Waals surface area (Å²) in [6, 6.07) is 0. The average Bonchev–Trinajstić information content (AvgIpc) is 1.97. The third-order valence-corrected chi connectivity index (χ3v) is 3.49. The van der Waals surface area contributed by atoms with E-state index in [4.69, 9.17) is 0 Å². The van der Waals surface area contributed by atoms with Crippen molar-refractivity contribution in [2.24, 2.45) is 11.3 Å². The molecule has 1 aliphatic heterocycles. The van der Waals surface area contributed by atoms with Gasteiger partial charge in [-0.05, 0) is 32.9 Å². The Labute approximate surface area is 74.9 Å². The number of carbonyl (C=O) groups excluding carboxylic acids is 1. The van der Waals surface area contributed by atoms with E-state index in [1.807, 2.05) is 0 Å². The quantitative estimate of drug-likeness (QED) is 0.593. The fourth-order valence-electron chi connectivity index (χ4n) is 1.95. The molecule has 0 aromatic rings. The Morgan fingerprint density at radius 1 is 1.58 bits per heavy atom. The Bertz CT molecular complexity index is 190. The number of hydrogen-bond donors (Lipinski definition) is 0. The van der Waals surface area contributed by atoms with Crippen molar-refractivity contribution >= 4 is 5.78 Å². The molecular formula is C10H19NO. The van der Waals surface area contributed by atoms with Crippen LogP contribution >= 0.6 is 0 Å². The summed E-state index contributed by atoms with van der Waals surface area (Å²) in [4.78, 5) is 13.7. The van der Waals surface area contributed by atoms with Gasteiger partial charge in [-0.3, -0.25) is 4.79 Å². The Kier molecular flexibility index (Phi) is 2.57. The molecule has 2 atom stereocenters. The minimum Gasteiger partial charge on any atom is -0.306 e. The molecule has 12 heavy (non-hydrogen) atoms. The first-order valence-electron chi connectivity index (χ1n) is 4.66. The highest BCUT2D eigenvalue weighted by Gasteiger charge is 2.39. The average molecular weight is 169 g/mol. The molecule has 0 aromatic heterocycles. The molecule has 0 aliphatic carbocycles. The minimum absolute atomic E-state index is 0.0630. The molecule has 70 valence electrons. The van der Waals surface area contributed by atoms with Crippen LogP contribution in [0.2, 0.25) is 0 Å². The van der Waals surface area contributed by atoms with E-state index >= 15 is 0 Å². The smallest absolute Gasteiger partial charge is 0.136 e. The van der Waals surface area contributed by atoms with E-state index in [0.717, 1.165) is 19.5 Å². The van der Waals surface area contributed by atoms with Gasteiger partial charge < -0.3 is 4.90 Å². The molecule has 0 saturated carbocycles. The van der Waals surface area contributed by atoms with Crippen LogP contribution in [-0.4, -0.2) is 30.8 Å². The van der Waals surface area contributed by atoms with Crippen molar-refractivity contribution in [1.29, 1.82) is 0 Å². The summed E-state index contributed by atoms with van der Waals surface area (Å²) in [6.07, 6.45) is 1.01. The van der Waals surface area contributed by atoms with E-state index < -0.39 is 0 Å². The fraction of sp³-hybridized carbons (Fsp3) is 0.900. The lowest BCUT2D eigenvalue weighted by atomic mass is 9.70. The van der Waals surface area contributed by atoms with E-state index in [0.29, 0.717) is 11.7 Å². The Hall–Kier alpha value is -0.370. The van der Waals surface area contributed by atoms with Crippen molar-refractivity contribution in [2.45, 2.75) is 27.2 Å². The Morgan fingerprint density at radius 3 is 2.58 bits per heavy atom. The molecule has 0 spiro atoms. The standard InChI is InChI=1S/C10H19NO/c1-8-7-11(4)6-5-10(8,3)9(2)12/h8H,5-7H2,1-4H3/t8-,10?/m0/s1. The zero-order chi connectivity index (χ0) is 9.35. The molecule has 1 rings (SSSR count). The molecular weight excluding hydrogens is 150 g/mol. The van der Waals surface area contributed by atoms with Crippen molar-refractivity contribution in [3.8, 4) is 0 Å². The van der Waals surface area contributed by atoms with E-state index in [1.165, 1.54) is 0 Å². The van der Waals surface area contributed by atoms with Crippen molar-refractivity contribution in [3.05, 3.63) is 0 Å². The predicted octanol–water partition coefficient (Wildman–Crippen LogP) is 1.55. The van der Waals surface area contributed by atoms with Gasteiger partial charge in [0.25, 0.3) is 0 Å². The Balaban J connectivity index is 2.72. The molecule has 1 unspecified atom stereocenters. The molecule has 1 heterocycles. The predicted molar refractivity (Wildman–Crippen MR) is 50.1 cm³/mol. The molecule has 0 amide bonds. The second kappa shape index (κ2) is 3.17. The van der Waals surface area contributed by atoms with Crippen LogP contribution in [0.25, 0.3) is 0 Å². The van der Waals surface area contributed by atoms with Gasteiger partial charge in [0.15, 0.2) is 0 Å². The van der Waals surface area contributed by atoms with Crippen molar-refractivity contribution in [2.75, 3.05) is 20.1 Å². The number of hydrogen-bond acceptors (Lipinski definition) is 2. The van der Waals surface area contributed by atoms with Gasteiger partial charge in [0.1, 0.15) is 5.78 Å². The normalized spacial score (nSPS) is 38.2. The maximum Gasteiger partial charge on any atom is 0.136 e. The van der Waals surface area contributed by atoms with Gasteiger partial charge >= 0.3 is 0 Å². The molecule has 1 saturated heterocycles. The molecule has 0 radical (unpaired) electrons. The number of Topliss-reactive ketones (excluding diaryl/α,β-unsaturated/α-hetero) is 1. The van der Waals surface area contributed by atoms with Crippen molar-refractivity contribution in [3.63, 3.8) is 0 Å². The summed E-state index contributed by atoms with van der Waals surface area (Å²) in [7, 11) is 2.12. The second-order valence-corrected chi connectivity index (χ2v) is 4.39. The largest absolute Gasteiger partial charge is 0.306 e. The lowest BCUT2D eigenvalue weighted by molar-refractivity contribution is -0.131. The van der Waals surface area contributed by atoms with E-state index in [-0.39, 0.29) is 5.41 Å².